The Morgan fingerprint density at radius 1 is 1.19 bits per heavy atom. The highest BCUT2D eigenvalue weighted by Gasteiger charge is 2.46. The number of aromatic nitrogens is 2. The summed E-state index contributed by atoms with van der Waals surface area (Å²) in [6, 6.07) is 9.31. The zero-order valence-corrected chi connectivity index (χ0v) is 16.3. The Balaban J connectivity index is 1.45. The number of benzene rings is 1. The Bertz CT molecular complexity index is 1070. The lowest BCUT2D eigenvalue weighted by molar-refractivity contribution is -0.128. The fraction of sp³-hybridized carbons (Fsp3) is 0.350. The number of likely N-dealkylation sites (tertiary alicyclic amines) is 1. The second-order valence-corrected chi connectivity index (χ2v) is 7.45. The molecule has 2 aromatic rings. The van der Waals surface area contributed by atoms with Gasteiger partial charge in [0.25, 0.3) is 17.7 Å². The fourth-order valence-corrected chi connectivity index (χ4v) is 3.50. The molecule has 2 fully saturated rings. The van der Waals surface area contributed by atoms with Crippen LogP contribution in [0.4, 0.5) is 26.2 Å². The summed E-state index contributed by atoms with van der Waals surface area (Å²) < 4.78 is 26.7. The van der Waals surface area contributed by atoms with Crippen LogP contribution >= 0.6 is 0 Å². The minimum atomic E-state index is -2.85. The van der Waals surface area contributed by atoms with Crippen LogP contribution < -0.4 is 10.2 Å². The first-order valence-corrected chi connectivity index (χ1v) is 9.54. The van der Waals surface area contributed by atoms with Gasteiger partial charge < -0.3 is 15.3 Å². The van der Waals surface area contributed by atoms with Crippen LogP contribution in [0.5, 0.6) is 0 Å². The standard InChI is InChI=1S/C20H18F2N6O3/c21-20(22)7-9-27(12-20)16(29)13-1-3-14(4-2-13)25-18-24-8-5-15(26-18)28-10-6-19(31,11-23)17(28)30/h1-5,8,31H,6-7,9-10,12H2,(H,24,25,26)/t19-/m0/s1. The largest absolute Gasteiger partial charge is 0.368 e. The van der Waals surface area contributed by atoms with Gasteiger partial charge in [-0.15, -0.1) is 0 Å². The van der Waals surface area contributed by atoms with Crippen molar-refractivity contribution in [2.75, 3.05) is 29.9 Å². The number of hydrogen-bond donors (Lipinski definition) is 2. The highest BCUT2D eigenvalue weighted by molar-refractivity contribution is 6.03. The Hall–Kier alpha value is -3.65. The normalized spacial score (nSPS) is 22.5. The predicted molar refractivity (Wildman–Crippen MR) is 105 cm³/mol. The van der Waals surface area contributed by atoms with Gasteiger partial charge in [0.05, 0.1) is 6.54 Å². The van der Waals surface area contributed by atoms with Gasteiger partial charge in [0.2, 0.25) is 11.5 Å². The van der Waals surface area contributed by atoms with Gasteiger partial charge in [0.1, 0.15) is 11.9 Å². The van der Waals surface area contributed by atoms with E-state index in [0.717, 1.165) is 4.90 Å². The molecule has 0 radical (unpaired) electrons. The number of nitriles is 1. The van der Waals surface area contributed by atoms with E-state index in [1.165, 1.54) is 29.3 Å². The number of amides is 2. The van der Waals surface area contributed by atoms with E-state index in [0.29, 0.717) is 5.69 Å². The molecule has 0 spiro atoms. The topological polar surface area (TPSA) is 122 Å². The molecule has 0 unspecified atom stereocenters. The summed E-state index contributed by atoms with van der Waals surface area (Å²) >= 11 is 0. The van der Waals surface area contributed by atoms with Crippen molar-refractivity contribution in [1.82, 2.24) is 14.9 Å². The molecule has 11 heteroatoms. The minimum Gasteiger partial charge on any atom is -0.368 e. The summed E-state index contributed by atoms with van der Waals surface area (Å²) in [6.45, 7) is -0.420. The van der Waals surface area contributed by atoms with Crippen LogP contribution in [0.15, 0.2) is 36.5 Å². The molecule has 9 nitrogen and oxygen atoms in total. The van der Waals surface area contributed by atoms with Gasteiger partial charge in [0, 0.05) is 43.4 Å². The van der Waals surface area contributed by atoms with Gasteiger partial charge >= 0.3 is 0 Å². The average molecular weight is 428 g/mol. The highest BCUT2D eigenvalue weighted by atomic mass is 19.3. The molecular weight excluding hydrogens is 410 g/mol. The van der Waals surface area contributed by atoms with Gasteiger partial charge in [-0.2, -0.15) is 10.2 Å². The molecule has 2 amide bonds. The molecular formula is C20H18F2N6O3. The Morgan fingerprint density at radius 2 is 1.94 bits per heavy atom. The quantitative estimate of drug-likeness (QED) is 0.711. The van der Waals surface area contributed by atoms with Crippen molar-refractivity contribution in [3.8, 4) is 6.07 Å². The van der Waals surface area contributed by atoms with Crippen molar-refractivity contribution < 1.29 is 23.5 Å². The molecule has 4 rings (SSSR count). The number of aliphatic hydroxyl groups is 1. The monoisotopic (exact) mass is 428 g/mol. The van der Waals surface area contributed by atoms with E-state index in [2.05, 4.69) is 15.3 Å². The second-order valence-electron chi connectivity index (χ2n) is 7.45. The number of hydrogen-bond acceptors (Lipinski definition) is 7. The van der Waals surface area contributed by atoms with Crippen molar-refractivity contribution in [2.45, 2.75) is 24.4 Å². The number of nitrogens with zero attached hydrogens (tertiary/aromatic N) is 5. The minimum absolute atomic E-state index is 0.0165. The Kier molecular flexibility index (Phi) is 5.02. The van der Waals surface area contributed by atoms with E-state index < -0.39 is 29.9 Å². The first-order chi connectivity index (χ1) is 14.7. The fourth-order valence-electron chi connectivity index (χ4n) is 3.50. The van der Waals surface area contributed by atoms with E-state index >= 15 is 0 Å². The number of anilines is 3. The van der Waals surface area contributed by atoms with Crippen LogP contribution in [0, 0.1) is 11.3 Å². The summed E-state index contributed by atoms with van der Waals surface area (Å²) in [5, 5.41) is 21.9. The third-order valence-electron chi connectivity index (χ3n) is 5.24. The van der Waals surface area contributed by atoms with Gasteiger partial charge in [-0.25, -0.2) is 13.8 Å². The maximum absolute atomic E-state index is 13.3. The summed E-state index contributed by atoms with van der Waals surface area (Å²) in [5.74, 6) is -3.65. The number of alkyl halides is 2. The van der Waals surface area contributed by atoms with Crippen LogP contribution in [0.3, 0.4) is 0 Å². The van der Waals surface area contributed by atoms with E-state index in [1.807, 2.05) is 0 Å². The maximum atomic E-state index is 13.3. The summed E-state index contributed by atoms with van der Waals surface area (Å²) in [6.07, 6.45) is 1.07. The molecule has 0 saturated carbocycles. The lowest BCUT2D eigenvalue weighted by Gasteiger charge is -2.17. The van der Waals surface area contributed by atoms with Crippen molar-refractivity contribution in [3.05, 3.63) is 42.1 Å². The number of rotatable bonds is 4. The van der Waals surface area contributed by atoms with E-state index in [4.69, 9.17) is 5.26 Å². The average Bonchev–Trinajstić information content (AvgIpc) is 3.27. The van der Waals surface area contributed by atoms with Crippen molar-refractivity contribution >= 4 is 29.3 Å². The lowest BCUT2D eigenvalue weighted by atomic mass is 10.1. The van der Waals surface area contributed by atoms with Crippen molar-refractivity contribution in [2.24, 2.45) is 0 Å². The smallest absolute Gasteiger partial charge is 0.275 e. The molecule has 2 saturated heterocycles. The zero-order valence-electron chi connectivity index (χ0n) is 16.3. The van der Waals surface area contributed by atoms with E-state index in [1.54, 1.807) is 18.2 Å². The lowest BCUT2D eigenvalue weighted by Crippen LogP contribution is -2.39. The number of nitrogens with one attached hydrogen (secondary N) is 1. The first-order valence-electron chi connectivity index (χ1n) is 9.54. The Morgan fingerprint density at radius 3 is 2.55 bits per heavy atom. The van der Waals surface area contributed by atoms with Gasteiger partial charge in [-0.05, 0) is 30.3 Å². The summed E-state index contributed by atoms with van der Waals surface area (Å²) in [4.78, 5) is 35.3. The zero-order chi connectivity index (χ0) is 22.2. The van der Waals surface area contributed by atoms with Crippen LogP contribution in [-0.4, -0.2) is 62.9 Å². The summed E-state index contributed by atoms with van der Waals surface area (Å²) in [7, 11) is 0. The molecule has 1 aromatic carbocycles. The molecule has 0 bridgehead atoms. The maximum Gasteiger partial charge on any atom is 0.275 e. The SMILES string of the molecule is N#C[C@@]1(O)CCN(c2ccnc(Nc3ccc(C(=O)N4CCC(F)(F)C4)cc3)n2)C1=O. The molecule has 2 N–H and O–H groups in total. The third-order valence-corrected chi connectivity index (χ3v) is 5.24. The number of halogens is 2. The van der Waals surface area contributed by atoms with E-state index in [9.17, 15) is 23.5 Å². The highest BCUT2D eigenvalue weighted by Crippen LogP contribution is 2.29. The number of carbonyl (C=O) groups is 2. The molecule has 2 aliphatic heterocycles. The van der Waals surface area contributed by atoms with Crippen molar-refractivity contribution in [1.29, 1.82) is 5.26 Å². The number of carbonyl (C=O) groups excluding carboxylic acids is 2. The second kappa shape index (κ2) is 7.55. The molecule has 1 aromatic heterocycles. The molecule has 0 aliphatic carbocycles. The van der Waals surface area contributed by atoms with Gasteiger partial charge in [-0.3, -0.25) is 14.5 Å². The van der Waals surface area contributed by atoms with Crippen molar-refractivity contribution in [3.63, 3.8) is 0 Å². The molecule has 3 heterocycles. The van der Waals surface area contributed by atoms with Crippen LogP contribution in [-0.2, 0) is 4.79 Å². The predicted octanol–water partition coefficient (Wildman–Crippen LogP) is 1.69. The van der Waals surface area contributed by atoms with Crippen LogP contribution in [0.25, 0.3) is 0 Å². The van der Waals surface area contributed by atoms with Crippen LogP contribution in [0.1, 0.15) is 23.2 Å². The summed E-state index contributed by atoms with van der Waals surface area (Å²) in [5.41, 5.74) is -1.22. The van der Waals surface area contributed by atoms with E-state index in [-0.39, 0.29) is 43.3 Å². The Labute approximate surface area is 175 Å². The first kappa shape index (κ1) is 20.6. The molecule has 31 heavy (non-hydrogen) atoms. The molecule has 160 valence electrons. The van der Waals surface area contributed by atoms with Gasteiger partial charge in [0.15, 0.2) is 0 Å². The molecule has 1 atom stereocenters. The molecule has 2 aliphatic rings. The van der Waals surface area contributed by atoms with Crippen LogP contribution in [0.2, 0.25) is 0 Å². The van der Waals surface area contributed by atoms with Gasteiger partial charge in [-0.1, -0.05) is 0 Å². The third kappa shape index (κ3) is 4.02.